The Morgan fingerprint density at radius 3 is 3.00 bits per heavy atom. The fourth-order valence-electron chi connectivity index (χ4n) is 4.02. The standard InChI is InChI=1S/C17H16N4O/c1-17(15-7-18-9-19-15)13-8-22-14-3-2-10(4-12(14)16(13)17)11-5-20-21-6-11/h2-7,9,13,16H,8H2,1H3,(H,18,19)(H,20,21)/t13-,16+,17-/m0/s1. The van der Waals surface area contributed by atoms with Gasteiger partial charge in [0.05, 0.1) is 19.1 Å². The number of aromatic nitrogens is 4. The highest BCUT2D eigenvalue weighted by Gasteiger charge is 2.66. The van der Waals surface area contributed by atoms with E-state index in [9.17, 15) is 0 Å². The zero-order chi connectivity index (χ0) is 14.7. The number of benzene rings is 1. The predicted octanol–water partition coefficient (Wildman–Crippen LogP) is 2.86. The molecule has 22 heavy (non-hydrogen) atoms. The summed E-state index contributed by atoms with van der Waals surface area (Å²) in [5.74, 6) is 2.01. The summed E-state index contributed by atoms with van der Waals surface area (Å²) < 4.78 is 5.99. The van der Waals surface area contributed by atoms with Crippen LogP contribution in [-0.4, -0.2) is 26.8 Å². The number of rotatable bonds is 2. The average molecular weight is 292 g/mol. The summed E-state index contributed by atoms with van der Waals surface area (Å²) in [5, 5.41) is 6.91. The minimum atomic E-state index is 0.0940. The molecule has 3 atom stereocenters. The first-order valence-electron chi connectivity index (χ1n) is 7.53. The topological polar surface area (TPSA) is 66.6 Å². The summed E-state index contributed by atoms with van der Waals surface area (Å²) >= 11 is 0. The van der Waals surface area contributed by atoms with E-state index in [1.54, 1.807) is 6.33 Å². The Hall–Kier alpha value is -2.56. The highest BCUT2D eigenvalue weighted by molar-refractivity contribution is 5.66. The van der Waals surface area contributed by atoms with E-state index in [1.807, 2.05) is 18.6 Å². The normalized spacial score (nSPS) is 28.6. The predicted molar refractivity (Wildman–Crippen MR) is 81.7 cm³/mol. The number of imidazole rings is 1. The van der Waals surface area contributed by atoms with Gasteiger partial charge in [-0.3, -0.25) is 5.10 Å². The third kappa shape index (κ3) is 1.43. The van der Waals surface area contributed by atoms with Gasteiger partial charge >= 0.3 is 0 Å². The van der Waals surface area contributed by atoms with E-state index in [4.69, 9.17) is 4.74 Å². The molecule has 110 valence electrons. The van der Waals surface area contributed by atoms with Crippen LogP contribution >= 0.6 is 0 Å². The molecule has 0 spiro atoms. The molecule has 5 nitrogen and oxygen atoms in total. The monoisotopic (exact) mass is 292 g/mol. The van der Waals surface area contributed by atoms with Gasteiger partial charge in [-0.25, -0.2) is 4.98 Å². The van der Waals surface area contributed by atoms with Gasteiger partial charge in [0.1, 0.15) is 5.75 Å². The Kier molecular flexibility index (Phi) is 2.19. The van der Waals surface area contributed by atoms with Gasteiger partial charge in [0, 0.05) is 40.9 Å². The van der Waals surface area contributed by atoms with Gasteiger partial charge in [-0.05, 0) is 23.3 Å². The van der Waals surface area contributed by atoms with Crippen LogP contribution in [0.4, 0.5) is 0 Å². The number of H-pyrrole nitrogens is 2. The van der Waals surface area contributed by atoms with Crippen molar-refractivity contribution in [2.24, 2.45) is 5.92 Å². The zero-order valence-electron chi connectivity index (χ0n) is 12.2. The summed E-state index contributed by atoms with van der Waals surface area (Å²) in [6.07, 6.45) is 7.47. The van der Waals surface area contributed by atoms with Crippen LogP contribution in [-0.2, 0) is 5.41 Å². The first-order chi connectivity index (χ1) is 10.8. The molecule has 0 bridgehead atoms. The van der Waals surface area contributed by atoms with Crippen molar-refractivity contribution in [3.63, 3.8) is 0 Å². The molecule has 0 radical (unpaired) electrons. The maximum atomic E-state index is 5.99. The van der Waals surface area contributed by atoms with E-state index in [2.05, 4.69) is 45.3 Å². The highest BCUT2D eigenvalue weighted by Crippen LogP contribution is 2.68. The summed E-state index contributed by atoms with van der Waals surface area (Å²) in [6.45, 7) is 3.08. The Morgan fingerprint density at radius 2 is 2.23 bits per heavy atom. The molecular weight excluding hydrogens is 276 g/mol. The van der Waals surface area contributed by atoms with Gasteiger partial charge in [-0.15, -0.1) is 0 Å². The number of aromatic amines is 2. The molecule has 2 N–H and O–H groups in total. The fraction of sp³-hybridized carbons (Fsp3) is 0.294. The average Bonchev–Trinajstić information content (AvgIpc) is 3.07. The zero-order valence-corrected chi connectivity index (χ0v) is 12.2. The van der Waals surface area contributed by atoms with Crippen molar-refractivity contribution >= 4 is 0 Å². The molecule has 2 aliphatic rings. The van der Waals surface area contributed by atoms with Crippen LogP contribution in [0.15, 0.2) is 43.1 Å². The van der Waals surface area contributed by atoms with Crippen LogP contribution in [0.5, 0.6) is 5.75 Å². The van der Waals surface area contributed by atoms with Gasteiger partial charge in [0.15, 0.2) is 0 Å². The molecular formula is C17H16N4O. The number of fused-ring (bicyclic) bond motifs is 3. The number of hydrogen-bond donors (Lipinski definition) is 2. The van der Waals surface area contributed by atoms with E-state index in [0.717, 1.165) is 17.9 Å². The van der Waals surface area contributed by atoms with Crippen LogP contribution in [0.3, 0.4) is 0 Å². The molecule has 1 aliphatic carbocycles. The number of nitrogens with one attached hydrogen (secondary N) is 2. The largest absolute Gasteiger partial charge is 0.493 e. The lowest BCUT2D eigenvalue weighted by molar-refractivity contribution is 0.273. The number of ether oxygens (including phenoxy) is 1. The van der Waals surface area contributed by atoms with Gasteiger partial charge < -0.3 is 9.72 Å². The lowest BCUT2D eigenvalue weighted by Gasteiger charge is -2.17. The van der Waals surface area contributed by atoms with Crippen molar-refractivity contribution in [1.29, 1.82) is 0 Å². The van der Waals surface area contributed by atoms with Gasteiger partial charge in [-0.2, -0.15) is 5.10 Å². The molecule has 5 heteroatoms. The molecule has 5 rings (SSSR count). The van der Waals surface area contributed by atoms with Crippen molar-refractivity contribution in [1.82, 2.24) is 20.2 Å². The van der Waals surface area contributed by atoms with E-state index in [-0.39, 0.29) is 5.41 Å². The number of nitrogens with zero attached hydrogens (tertiary/aromatic N) is 2. The third-order valence-electron chi connectivity index (χ3n) is 5.38. The van der Waals surface area contributed by atoms with Crippen molar-refractivity contribution < 1.29 is 4.74 Å². The minimum Gasteiger partial charge on any atom is -0.493 e. The van der Waals surface area contributed by atoms with Crippen molar-refractivity contribution in [2.45, 2.75) is 18.3 Å². The van der Waals surface area contributed by atoms with E-state index in [0.29, 0.717) is 11.8 Å². The van der Waals surface area contributed by atoms with Crippen LogP contribution in [0.1, 0.15) is 24.1 Å². The Morgan fingerprint density at radius 1 is 1.27 bits per heavy atom. The molecule has 1 fully saturated rings. The maximum Gasteiger partial charge on any atom is 0.122 e. The first-order valence-corrected chi connectivity index (χ1v) is 7.53. The minimum absolute atomic E-state index is 0.0940. The van der Waals surface area contributed by atoms with Crippen molar-refractivity contribution in [2.75, 3.05) is 6.61 Å². The van der Waals surface area contributed by atoms with Gasteiger partial charge in [0.25, 0.3) is 0 Å². The Balaban J connectivity index is 1.61. The van der Waals surface area contributed by atoms with Crippen LogP contribution in [0, 0.1) is 5.92 Å². The third-order valence-corrected chi connectivity index (χ3v) is 5.38. The Labute approximate surface area is 127 Å². The van der Waals surface area contributed by atoms with Crippen molar-refractivity contribution in [3.05, 3.63) is 54.4 Å². The van der Waals surface area contributed by atoms with E-state index in [1.165, 1.54) is 16.8 Å². The summed E-state index contributed by atoms with van der Waals surface area (Å²) in [6, 6.07) is 6.43. The first kappa shape index (κ1) is 12.0. The second-order valence-corrected chi connectivity index (χ2v) is 6.38. The fourth-order valence-corrected chi connectivity index (χ4v) is 4.02. The molecule has 0 saturated heterocycles. The Bertz CT molecular complexity index is 824. The van der Waals surface area contributed by atoms with Crippen LogP contribution in [0.2, 0.25) is 0 Å². The molecule has 0 unspecified atom stereocenters. The quantitative estimate of drug-likeness (QED) is 0.763. The van der Waals surface area contributed by atoms with E-state index < -0.39 is 0 Å². The molecule has 3 aromatic rings. The maximum absolute atomic E-state index is 5.99. The molecule has 2 aromatic heterocycles. The van der Waals surface area contributed by atoms with Crippen molar-refractivity contribution in [3.8, 4) is 16.9 Å². The lowest BCUT2D eigenvalue weighted by Crippen LogP contribution is -2.10. The smallest absolute Gasteiger partial charge is 0.122 e. The molecule has 1 aliphatic heterocycles. The summed E-state index contributed by atoms with van der Waals surface area (Å²) in [4.78, 5) is 7.48. The second kappa shape index (κ2) is 4.00. The lowest BCUT2D eigenvalue weighted by atomic mass is 9.95. The van der Waals surface area contributed by atoms with E-state index >= 15 is 0 Å². The molecule has 3 heterocycles. The molecule has 1 saturated carbocycles. The molecule has 0 amide bonds. The second-order valence-electron chi connectivity index (χ2n) is 6.38. The number of hydrogen-bond acceptors (Lipinski definition) is 3. The summed E-state index contributed by atoms with van der Waals surface area (Å²) in [5.41, 5.74) is 4.88. The summed E-state index contributed by atoms with van der Waals surface area (Å²) in [7, 11) is 0. The van der Waals surface area contributed by atoms with Gasteiger partial charge in [0.2, 0.25) is 0 Å². The van der Waals surface area contributed by atoms with Crippen LogP contribution in [0.25, 0.3) is 11.1 Å². The highest BCUT2D eigenvalue weighted by atomic mass is 16.5. The SMILES string of the molecule is C[C@]1(c2cnc[nH]2)[C@@H]2c3cc(-c4cn[nH]c4)ccc3OC[C@@H]21. The van der Waals surface area contributed by atoms with Gasteiger partial charge in [-0.1, -0.05) is 13.0 Å². The van der Waals surface area contributed by atoms with Crippen LogP contribution < -0.4 is 4.74 Å². The molecule has 1 aromatic carbocycles.